The zero-order chi connectivity index (χ0) is 19.3. The predicted molar refractivity (Wildman–Crippen MR) is 114 cm³/mol. The highest BCUT2D eigenvalue weighted by Crippen LogP contribution is 2.11. The lowest BCUT2D eigenvalue weighted by Gasteiger charge is -2.06. The first-order chi connectivity index (χ1) is 13.2. The van der Waals surface area contributed by atoms with E-state index in [0.717, 1.165) is 36.0 Å². The molecule has 2 aromatic rings. The fourth-order valence-corrected chi connectivity index (χ4v) is 2.54. The highest BCUT2D eigenvalue weighted by Gasteiger charge is 2.06. The Balaban J connectivity index is 1.89. The summed E-state index contributed by atoms with van der Waals surface area (Å²) in [5.74, 6) is 6.30. The summed E-state index contributed by atoms with van der Waals surface area (Å²) in [6.07, 6.45) is 11.3. The quantitative estimate of drug-likeness (QED) is 0.400. The third-order valence-electron chi connectivity index (χ3n) is 4.14. The summed E-state index contributed by atoms with van der Waals surface area (Å²) in [5, 5.41) is 3.00. The molecule has 0 aromatic heterocycles. The van der Waals surface area contributed by atoms with Gasteiger partial charge in [0.25, 0.3) is 5.91 Å². The zero-order valence-electron chi connectivity index (χ0n) is 16.2. The van der Waals surface area contributed by atoms with Gasteiger partial charge in [0.15, 0.2) is 0 Å². The molecule has 138 valence electrons. The Kier molecular flexibility index (Phi) is 8.66. The van der Waals surface area contributed by atoms with Gasteiger partial charge in [0.2, 0.25) is 0 Å². The lowest BCUT2D eigenvalue weighted by Crippen LogP contribution is -2.24. The van der Waals surface area contributed by atoms with E-state index < -0.39 is 0 Å². The molecule has 0 bridgehead atoms. The van der Waals surface area contributed by atoms with Crippen LogP contribution >= 0.6 is 0 Å². The number of unbranched alkanes of at least 4 members (excludes halogenated alkanes) is 2. The van der Waals surface area contributed by atoms with Gasteiger partial charge in [-0.1, -0.05) is 60.4 Å². The fraction of sp³-hybridized carbons (Fsp3) is 0.240. The maximum absolute atomic E-state index is 12.4. The average molecular weight is 357 g/mol. The second kappa shape index (κ2) is 11.5. The van der Waals surface area contributed by atoms with Crippen LogP contribution < -0.4 is 5.32 Å². The largest absolute Gasteiger partial charge is 0.352 e. The first-order valence-electron chi connectivity index (χ1n) is 9.44. The first kappa shape index (κ1) is 20.3. The van der Waals surface area contributed by atoms with E-state index in [2.05, 4.69) is 29.3 Å². The average Bonchev–Trinajstić information content (AvgIpc) is 2.70. The molecule has 0 spiro atoms. The van der Waals surface area contributed by atoms with Gasteiger partial charge in [-0.05, 0) is 62.9 Å². The van der Waals surface area contributed by atoms with Crippen LogP contribution in [-0.2, 0) is 0 Å². The molecule has 2 nitrogen and oxygen atoms in total. The number of nitrogens with one attached hydrogen (secondary N) is 1. The Morgan fingerprint density at radius 2 is 1.85 bits per heavy atom. The van der Waals surface area contributed by atoms with Crippen LogP contribution in [0.15, 0.2) is 72.8 Å². The van der Waals surface area contributed by atoms with Crippen LogP contribution in [0.3, 0.4) is 0 Å². The van der Waals surface area contributed by atoms with Gasteiger partial charge in [-0.2, -0.15) is 0 Å². The van der Waals surface area contributed by atoms with Gasteiger partial charge in [0.1, 0.15) is 0 Å². The second-order valence-electron chi connectivity index (χ2n) is 6.35. The Morgan fingerprint density at radius 3 is 2.63 bits per heavy atom. The summed E-state index contributed by atoms with van der Waals surface area (Å²) in [6.45, 7) is 4.71. The molecule has 27 heavy (non-hydrogen) atoms. The highest BCUT2D eigenvalue weighted by molar-refractivity contribution is 5.94. The molecule has 0 heterocycles. The van der Waals surface area contributed by atoms with Crippen molar-refractivity contribution >= 4 is 5.91 Å². The summed E-state index contributed by atoms with van der Waals surface area (Å²) >= 11 is 0. The summed E-state index contributed by atoms with van der Waals surface area (Å²) in [5.41, 5.74) is 3.59. The summed E-state index contributed by atoms with van der Waals surface area (Å²) < 4.78 is 0. The molecule has 0 unspecified atom stereocenters. The van der Waals surface area contributed by atoms with Crippen LogP contribution in [0, 0.1) is 18.8 Å². The van der Waals surface area contributed by atoms with Crippen LogP contribution in [0.5, 0.6) is 0 Å². The number of aryl methyl sites for hydroxylation is 1. The van der Waals surface area contributed by atoms with E-state index in [1.807, 2.05) is 74.5 Å². The number of allylic oxidation sites excluding steroid dienone is 4. The fourth-order valence-electron chi connectivity index (χ4n) is 2.54. The van der Waals surface area contributed by atoms with Gasteiger partial charge in [-0.3, -0.25) is 4.79 Å². The molecule has 0 aliphatic carbocycles. The molecule has 0 fully saturated rings. The van der Waals surface area contributed by atoms with Crippen LogP contribution in [0.2, 0.25) is 0 Å². The van der Waals surface area contributed by atoms with E-state index in [4.69, 9.17) is 0 Å². The lowest BCUT2D eigenvalue weighted by atomic mass is 10.0. The van der Waals surface area contributed by atoms with E-state index in [0.29, 0.717) is 12.1 Å². The number of benzene rings is 2. The smallest absolute Gasteiger partial charge is 0.251 e. The lowest BCUT2D eigenvalue weighted by molar-refractivity contribution is 0.0953. The van der Waals surface area contributed by atoms with Crippen molar-refractivity contribution in [1.82, 2.24) is 5.32 Å². The highest BCUT2D eigenvalue weighted by atomic mass is 16.1. The van der Waals surface area contributed by atoms with Crippen molar-refractivity contribution in [3.05, 3.63) is 95.1 Å². The van der Waals surface area contributed by atoms with Crippen LogP contribution in [0.1, 0.15) is 53.2 Å². The van der Waals surface area contributed by atoms with Crippen molar-refractivity contribution < 1.29 is 4.79 Å². The monoisotopic (exact) mass is 357 g/mol. The SMILES string of the molecule is C/C=C\C=C/CCCCNC(=O)c1ccc(C)c(C#Cc2ccccc2)c1. The van der Waals surface area contributed by atoms with Crippen molar-refractivity contribution in [2.75, 3.05) is 6.54 Å². The minimum atomic E-state index is -0.0396. The van der Waals surface area contributed by atoms with Crippen molar-refractivity contribution in [1.29, 1.82) is 0 Å². The van der Waals surface area contributed by atoms with Crippen LogP contribution in [0.4, 0.5) is 0 Å². The molecule has 0 saturated carbocycles. The van der Waals surface area contributed by atoms with Gasteiger partial charge < -0.3 is 5.32 Å². The molecule has 0 radical (unpaired) electrons. The van der Waals surface area contributed by atoms with E-state index in [1.54, 1.807) is 0 Å². The zero-order valence-corrected chi connectivity index (χ0v) is 16.2. The normalized spacial score (nSPS) is 10.7. The molecule has 0 aliphatic heterocycles. The summed E-state index contributed by atoms with van der Waals surface area (Å²) in [4.78, 5) is 12.4. The Labute approximate surface area is 163 Å². The Bertz CT molecular complexity index is 851. The first-order valence-corrected chi connectivity index (χ1v) is 9.44. The van der Waals surface area contributed by atoms with Gasteiger partial charge in [0, 0.05) is 23.2 Å². The van der Waals surface area contributed by atoms with E-state index >= 15 is 0 Å². The Morgan fingerprint density at radius 1 is 1.04 bits per heavy atom. The van der Waals surface area contributed by atoms with Gasteiger partial charge >= 0.3 is 0 Å². The number of carbonyl (C=O) groups is 1. The molecule has 1 N–H and O–H groups in total. The molecular formula is C25H27NO. The topological polar surface area (TPSA) is 29.1 Å². The number of carbonyl (C=O) groups excluding carboxylic acids is 1. The molecule has 0 atom stereocenters. The maximum Gasteiger partial charge on any atom is 0.251 e. The van der Waals surface area contributed by atoms with E-state index in [-0.39, 0.29) is 5.91 Å². The minimum absolute atomic E-state index is 0.0396. The maximum atomic E-state index is 12.4. The number of hydrogen-bond donors (Lipinski definition) is 1. The van der Waals surface area contributed by atoms with Crippen molar-refractivity contribution in [2.45, 2.75) is 33.1 Å². The molecule has 2 aromatic carbocycles. The summed E-state index contributed by atoms with van der Waals surface area (Å²) in [7, 11) is 0. The molecule has 0 saturated heterocycles. The molecule has 2 rings (SSSR count). The molecular weight excluding hydrogens is 330 g/mol. The summed E-state index contributed by atoms with van der Waals surface area (Å²) in [6, 6.07) is 15.6. The molecule has 0 aliphatic rings. The number of amides is 1. The standard InChI is InChI=1S/C25H27NO/c1-3-4-5-6-7-8-12-19-26-25(27)24-17-15-21(2)23(20-24)18-16-22-13-10-9-11-14-22/h3-6,9-11,13-15,17,20H,7-8,12,19H2,1-2H3,(H,26,27)/b4-3-,6-5-. The van der Waals surface area contributed by atoms with Gasteiger partial charge in [-0.25, -0.2) is 0 Å². The van der Waals surface area contributed by atoms with Crippen molar-refractivity contribution in [3.8, 4) is 11.8 Å². The third-order valence-corrected chi connectivity index (χ3v) is 4.14. The van der Waals surface area contributed by atoms with E-state index in [1.165, 1.54) is 0 Å². The second-order valence-corrected chi connectivity index (χ2v) is 6.35. The van der Waals surface area contributed by atoms with Crippen molar-refractivity contribution in [2.24, 2.45) is 0 Å². The van der Waals surface area contributed by atoms with Gasteiger partial charge in [0.05, 0.1) is 0 Å². The van der Waals surface area contributed by atoms with Crippen LogP contribution in [0.25, 0.3) is 0 Å². The number of hydrogen-bond acceptors (Lipinski definition) is 1. The minimum Gasteiger partial charge on any atom is -0.352 e. The van der Waals surface area contributed by atoms with Crippen LogP contribution in [-0.4, -0.2) is 12.5 Å². The molecule has 1 amide bonds. The van der Waals surface area contributed by atoms with E-state index in [9.17, 15) is 4.79 Å². The number of rotatable bonds is 7. The third kappa shape index (κ3) is 7.38. The Hall–Kier alpha value is -3.05. The van der Waals surface area contributed by atoms with Crippen molar-refractivity contribution in [3.63, 3.8) is 0 Å². The van der Waals surface area contributed by atoms with Gasteiger partial charge in [-0.15, -0.1) is 0 Å². The predicted octanol–water partition coefficient (Wildman–Crippen LogP) is 5.43. The molecule has 2 heteroatoms.